The summed E-state index contributed by atoms with van der Waals surface area (Å²) in [5.74, 6) is 0.678. The smallest absolute Gasteiger partial charge is 0.251 e. The number of hydrogen-bond donors (Lipinski definition) is 3. The highest BCUT2D eigenvalue weighted by Crippen LogP contribution is 2.13. The molecule has 1 atom stereocenters. The molecular formula is C14H20N2O2. The van der Waals surface area contributed by atoms with E-state index in [1.54, 1.807) is 18.2 Å². The maximum Gasteiger partial charge on any atom is 0.251 e. The van der Waals surface area contributed by atoms with Gasteiger partial charge >= 0.3 is 0 Å². The first-order valence-corrected chi connectivity index (χ1v) is 6.53. The zero-order valence-electron chi connectivity index (χ0n) is 10.5. The van der Waals surface area contributed by atoms with Crippen LogP contribution in [0.4, 0.5) is 0 Å². The Kier molecular flexibility index (Phi) is 4.59. The van der Waals surface area contributed by atoms with Gasteiger partial charge in [0.05, 0.1) is 0 Å². The van der Waals surface area contributed by atoms with Crippen molar-refractivity contribution in [3.63, 3.8) is 0 Å². The summed E-state index contributed by atoms with van der Waals surface area (Å²) in [4.78, 5) is 11.8. The van der Waals surface area contributed by atoms with Crippen LogP contribution in [0.3, 0.4) is 0 Å². The van der Waals surface area contributed by atoms with Gasteiger partial charge in [-0.1, -0.05) is 6.07 Å². The Bertz CT molecular complexity index is 401. The molecule has 1 aliphatic rings. The van der Waals surface area contributed by atoms with Crippen molar-refractivity contribution in [2.75, 3.05) is 19.6 Å². The number of aromatic hydroxyl groups is 1. The molecular weight excluding hydrogens is 228 g/mol. The van der Waals surface area contributed by atoms with Crippen LogP contribution in [0.15, 0.2) is 24.3 Å². The Hall–Kier alpha value is -1.55. The molecule has 1 aliphatic heterocycles. The van der Waals surface area contributed by atoms with E-state index in [1.165, 1.54) is 18.9 Å². The van der Waals surface area contributed by atoms with Crippen molar-refractivity contribution >= 4 is 5.91 Å². The number of phenolic OH excluding ortho intramolecular Hbond substituents is 1. The fourth-order valence-corrected chi connectivity index (χ4v) is 2.31. The summed E-state index contributed by atoms with van der Waals surface area (Å²) < 4.78 is 0. The van der Waals surface area contributed by atoms with Crippen LogP contribution < -0.4 is 10.6 Å². The number of piperidine rings is 1. The maximum absolute atomic E-state index is 11.8. The van der Waals surface area contributed by atoms with Crippen LogP contribution in [0.5, 0.6) is 5.75 Å². The number of carbonyl (C=O) groups excluding carboxylic acids is 1. The van der Waals surface area contributed by atoms with Gasteiger partial charge in [0, 0.05) is 12.1 Å². The van der Waals surface area contributed by atoms with E-state index in [0.717, 1.165) is 19.5 Å². The van der Waals surface area contributed by atoms with Gasteiger partial charge in [-0.2, -0.15) is 0 Å². The monoisotopic (exact) mass is 248 g/mol. The lowest BCUT2D eigenvalue weighted by molar-refractivity contribution is 0.0950. The normalized spacial score (nSPS) is 19.4. The molecule has 0 aromatic heterocycles. The first kappa shape index (κ1) is 12.9. The molecule has 1 heterocycles. The molecule has 1 unspecified atom stereocenters. The lowest BCUT2D eigenvalue weighted by Gasteiger charge is -2.22. The summed E-state index contributed by atoms with van der Waals surface area (Å²) in [6, 6.07) is 6.43. The van der Waals surface area contributed by atoms with Crippen molar-refractivity contribution in [2.45, 2.75) is 19.3 Å². The molecule has 4 heteroatoms. The van der Waals surface area contributed by atoms with Gasteiger partial charge in [0.2, 0.25) is 0 Å². The molecule has 1 aromatic rings. The van der Waals surface area contributed by atoms with E-state index in [-0.39, 0.29) is 11.7 Å². The van der Waals surface area contributed by atoms with Gasteiger partial charge in [0.15, 0.2) is 0 Å². The number of hydrogen-bond acceptors (Lipinski definition) is 3. The molecule has 98 valence electrons. The average molecular weight is 248 g/mol. The van der Waals surface area contributed by atoms with E-state index in [0.29, 0.717) is 18.0 Å². The standard InChI is InChI=1S/C14H20N2O2/c17-13-5-1-4-12(9-13)14(18)16-8-6-11-3-2-7-15-10-11/h1,4-5,9,11,15,17H,2-3,6-8,10H2,(H,16,18). The third-order valence-electron chi connectivity index (χ3n) is 3.35. The molecule has 18 heavy (non-hydrogen) atoms. The molecule has 1 fully saturated rings. The molecule has 1 amide bonds. The number of amides is 1. The quantitative estimate of drug-likeness (QED) is 0.757. The zero-order chi connectivity index (χ0) is 12.8. The van der Waals surface area contributed by atoms with Crippen LogP contribution in [-0.4, -0.2) is 30.6 Å². The second-order valence-electron chi connectivity index (χ2n) is 4.81. The summed E-state index contributed by atoms with van der Waals surface area (Å²) in [6.07, 6.45) is 3.48. The van der Waals surface area contributed by atoms with Crippen molar-refractivity contribution in [1.82, 2.24) is 10.6 Å². The van der Waals surface area contributed by atoms with Gasteiger partial charge in [0.25, 0.3) is 5.91 Å². The Morgan fingerprint density at radius 1 is 1.50 bits per heavy atom. The molecule has 0 bridgehead atoms. The molecule has 0 radical (unpaired) electrons. The van der Waals surface area contributed by atoms with E-state index in [4.69, 9.17) is 0 Å². The number of rotatable bonds is 4. The molecule has 3 N–H and O–H groups in total. The molecule has 1 saturated heterocycles. The summed E-state index contributed by atoms with van der Waals surface area (Å²) in [5.41, 5.74) is 0.511. The number of carbonyl (C=O) groups is 1. The van der Waals surface area contributed by atoms with Gasteiger partial charge in [-0.25, -0.2) is 0 Å². The maximum atomic E-state index is 11.8. The summed E-state index contributed by atoms with van der Waals surface area (Å²) in [6.45, 7) is 2.87. The van der Waals surface area contributed by atoms with Crippen LogP contribution in [0.25, 0.3) is 0 Å². The molecule has 1 aromatic carbocycles. The Labute approximate surface area is 107 Å². The largest absolute Gasteiger partial charge is 0.508 e. The topological polar surface area (TPSA) is 61.4 Å². The van der Waals surface area contributed by atoms with Gasteiger partial charge in [0.1, 0.15) is 5.75 Å². The van der Waals surface area contributed by atoms with Crippen molar-refractivity contribution in [3.05, 3.63) is 29.8 Å². The number of nitrogens with one attached hydrogen (secondary N) is 2. The summed E-state index contributed by atoms with van der Waals surface area (Å²) >= 11 is 0. The van der Waals surface area contributed by atoms with E-state index >= 15 is 0 Å². The Morgan fingerprint density at radius 3 is 3.11 bits per heavy atom. The van der Waals surface area contributed by atoms with Gasteiger partial charge in [-0.3, -0.25) is 4.79 Å². The molecule has 0 aliphatic carbocycles. The summed E-state index contributed by atoms with van der Waals surface area (Å²) in [5, 5.41) is 15.6. The van der Waals surface area contributed by atoms with Crippen LogP contribution >= 0.6 is 0 Å². The summed E-state index contributed by atoms with van der Waals surface area (Å²) in [7, 11) is 0. The van der Waals surface area contributed by atoms with E-state index in [9.17, 15) is 9.90 Å². The van der Waals surface area contributed by atoms with Crippen LogP contribution in [0, 0.1) is 5.92 Å². The minimum atomic E-state index is -0.116. The fourth-order valence-electron chi connectivity index (χ4n) is 2.31. The number of benzene rings is 1. The first-order valence-electron chi connectivity index (χ1n) is 6.53. The predicted octanol–water partition coefficient (Wildman–Crippen LogP) is 1.51. The molecule has 2 rings (SSSR count). The third kappa shape index (κ3) is 3.74. The number of phenols is 1. The van der Waals surface area contributed by atoms with Crippen molar-refractivity contribution in [3.8, 4) is 5.75 Å². The zero-order valence-corrected chi connectivity index (χ0v) is 10.5. The Balaban J connectivity index is 1.74. The minimum absolute atomic E-state index is 0.116. The van der Waals surface area contributed by atoms with Crippen LogP contribution in [0.1, 0.15) is 29.6 Å². The van der Waals surface area contributed by atoms with E-state index in [2.05, 4.69) is 10.6 Å². The average Bonchev–Trinajstić information content (AvgIpc) is 2.40. The SMILES string of the molecule is O=C(NCCC1CCCNC1)c1cccc(O)c1. The molecule has 4 nitrogen and oxygen atoms in total. The fraction of sp³-hybridized carbons (Fsp3) is 0.500. The second-order valence-corrected chi connectivity index (χ2v) is 4.81. The highest BCUT2D eigenvalue weighted by atomic mass is 16.3. The lowest BCUT2D eigenvalue weighted by atomic mass is 9.96. The Morgan fingerprint density at radius 2 is 2.39 bits per heavy atom. The predicted molar refractivity (Wildman–Crippen MR) is 70.7 cm³/mol. The van der Waals surface area contributed by atoms with Crippen molar-refractivity contribution in [2.24, 2.45) is 5.92 Å². The first-order chi connectivity index (χ1) is 8.75. The van der Waals surface area contributed by atoms with E-state index < -0.39 is 0 Å². The molecule has 0 saturated carbocycles. The third-order valence-corrected chi connectivity index (χ3v) is 3.35. The van der Waals surface area contributed by atoms with E-state index in [1.807, 2.05) is 0 Å². The van der Waals surface area contributed by atoms with Crippen molar-refractivity contribution < 1.29 is 9.90 Å². The minimum Gasteiger partial charge on any atom is -0.508 e. The highest BCUT2D eigenvalue weighted by Gasteiger charge is 2.13. The van der Waals surface area contributed by atoms with Gasteiger partial charge in [-0.05, 0) is 56.5 Å². The lowest BCUT2D eigenvalue weighted by Crippen LogP contribution is -2.33. The van der Waals surface area contributed by atoms with Gasteiger partial charge < -0.3 is 15.7 Å². The highest BCUT2D eigenvalue weighted by molar-refractivity contribution is 5.94. The molecule has 0 spiro atoms. The van der Waals surface area contributed by atoms with Crippen LogP contribution in [0.2, 0.25) is 0 Å². The van der Waals surface area contributed by atoms with Crippen LogP contribution in [-0.2, 0) is 0 Å². The van der Waals surface area contributed by atoms with Gasteiger partial charge in [-0.15, -0.1) is 0 Å². The second kappa shape index (κ2) is 6.40. The van der Waals surface area contributed by atoms with Crippen molar-refractivity contribution in [1.29, 1.82) is 0 Å².